The van der Waals surface area contributed by atoms with E-state index >= 15 is 0 Å². The Morgan fingerprint density at radius 2 is 2.04 bits per heavy atom. The van der Waals surface area contributed by atoms with E-state index in [2.05, 4.69) is 10.6 Å². The molecule has 1 fully saturated rings. The second-order valence-electron chi connectivity index (χ2n) is 6.88. The summed E-state index contributed by atoms with van der Waals surface area (Å²) >= 11 is 0. The van der Waals surface area contributed by atoms with Crippen LogP contribution < -0.4 is 10.6 Å². The van der Waals surface area contributed by atoms with Gasteiger partial charge in [0.05, 0.1) is 12.6 Å². The number of carbonyl (C=O) groups excluding carboxylic acids is 2. The van der Waals surface area contributed by atoms with Gasteiger partial charge in [0.25, 0.3) is 0 Å². The number of amides is 2. The second-order valence-corrected chi connectivity index (χ2v) is 6.88. The fourth-order valence-corrected chi connectivity index (χ4v) is 2.44. The molecule has 1 rings (SSSR count). The highest BCUT2D eigenvalue weighted by molar-refractivity contribution is 5.81. The van der Waals surface area contributed by atoms with Crippen molar-refractivity contribution in [2.24, 2.45) is 0 Å². The Morgan fingerprint density at radius 1 is 1.35 bits per heavy atom. The van der Waals surface area contributed by atoms with Crippen molar-refractivity contribution in [2.75, 3.05) is 33.4 Å². The van der Waals surface area contributed by atoms with Gasteiger partial charge in [0.15, 0.2) is 0 Å². The fraction of sp³-hybridized carbons (Fsp3) is 0.875. The number of carbonyl (C=O) groups is 2. The minimum absolute atomic E-state index is 0.0659. The zero-order valence-corrected chi connectivity index (χ0v) is 15.0. The van der Waals surface area contributed by atoms with E-state index in [9.17, 15) is 9.59 Å². The normalized spacial score (nSPS) is 19.5. The topological polar surface area (TPSA) is 79.9 Å². The summed E-state index contributed by atoms with van der Waals surface area (Å²) in [6.45, 7) is 9.67. The van der Waals surface area contributed by atoms with E-state index in [-0.39, 0.29) is 24.1 Å². The largest absolute Gasteiger partial charge is 0.444 e. The van der Waals surface area contributed by atoms with Crippen LogP contribution in [0.5, 0.6) is 0 Å². The van der Waals surface area contributed by atoms with Gasteiger partial charge in [-0.3, -0.25) is 4.79 Å². The van der Waals surface area contributed by atoms with Crippen LogP contribution in [0.2, 0.25) is 0 Å². The highest BCUT2D eigenvalue weighted by Crippen LogP contribution is 2.20. The maximum atomic E-state index is 12.2. The number of hydrogen-bond donors (Lipinski definition) is 2. The number of likely N-dealkylation sites (tertiary alicyclic amines) is 1. The summed E-state index contributed by atoms with van der Waals surface area (Å²) in [5.74, 6) is -0.0659. The first-order chi connectivity index (χ1) is 10.7. The summed E-state index contributed by atoms with van der Waals surface area (Å²) in [7, 11) is 1.60. The van der Waals surface area contributed by atoms with E-state index in [4.69, 9.17) is 9.47 Å². The molecule has 1 saturated heterocycles. The molecule has 0 aromatic rings. The van der Waals surface area contributed by atoms with Crippen LogP contribution in [0.3, 0.4) is 0 Å². The third-order valence-corrected chi connectivity index (χ3v) is 3.66. The number of methoxy groups -OCH3 is 1. The van der Waals surface area contributed by atoms with Crippen molar-refractivity contribution in [1.29, 1.82) is 0 Å². The smallest absolute Gasteiger partial charge is 0.410 e. The molecule has 1 heterocycles. The van der Waals surface area contributed by atoms with E-state index in [1.807, 2.05) is 27.7 Å². The molecule has 1 aliphatic rings. The van der Waals surface area contributed by atoms with Crippen LogP contribution in [0.4, 0.5) is 4.79 Å². The van der Waals surface area contributed by atoms with Gasteiger partial charge in [0.1, 0.15) is 5.60 Å². The molecule has 2 N–H and O–H groups in total. The van der Waals surface area contributed by atoms with Gasteiger partial charge in [-0.05, 0) is 40.5 Å². The highest BCUT2D eigenvalue weighted by atomic mass is 16.6. The van der Waals surface area contributed by atoms with Gasteiger partial charge in [-0.25, -0.2) is 4.79 Å². The van der Waals surface area contributed by atoms with Crippen LogP contribution in [-0.2, 0) is 14.3 Å². The maximum Gasteiger partial charge on any atom is 0.410 e. The molecule has 0 aromatic heterocycles. The molecule has 7 nitrogen and oxygen atoms in total. The molecule has 0 aromatic carbocycles. The lowest BCUT2D eigenvalue weighted by Gasteiger charge is -2.29. The molecule has 2 amide bonds. The minimum Gasteiger partial charge on any atom is -0.444 e. The van der Waals surface area contributed by atoms with Crippen molar-refractivity contribution < 1.29 is 19.1 Å². The van der Waals surface area contributed by atoms with Gasteiger partial charge in [-0.1, -0.05) is 0 Å². The average Bonchev–Trinajstić information content (AvgIpc) is 2.91. The fourth-order valence-electron chi connectivity index (χ4n) is 2.44. The minimum atomic E-state index is -0.494. The van der Waals surface area contributed by atoms with Crippen LogP contribution in [0.15, 0.2) is 0 Å². The maximum absolute atomic E-state index is 12.2. The Bertz CT molecular complexity index is 395. The van der Waals surface area contributed by atoms with Gasteiger partial charge < -0.3 is 25.0 Å². The molecule has 134 valence electrons. The van der Waals surface area contributed by atoms with Gasteiger partial charge in [0.2, 0.25) is 5.91 Å². The monoisotopic (exact) mass is 329 g/mol. The lowest BCUT2D eigenvalue weighted by Crippen LogP contribution is -2.49. The summed E-state index contributed by atoms with van der Waals surface area (Å²) in [4.78, 5) is 25.9. The molecule has 2 unspecified atom stereocenters. The highest BCUT2D eigenvalue weighted by Gasteiger charge is 2.32. The lowest BCUT2D eigenvalue weighted by atomic mass is 10.2. The molecule has 0 saturated carbocycles. The average molecular weight is 329 g/mol. The number of hydrogen-bond acceptors (Lipinski definition) is 5. The van der Waals surface area contributed by atoms with E-state index in [0.717, 1.165) is 12.8 Å². The summed E-state index contributed by atoms with van der Waals surface area (Å²) in [5.41, 5.74) is -0.494. The number of nitrogens with zero attached hydrogens (tertiary/aromatic N) is 1. The first-order valence-electron chi connectivity index (χ1n) is 8.24. The molecule has 2 atom stereocenters. The Hall–Kier alpha value is -1.34. The third kappa shape index (κ3) is 7.18. The molecule has 1 aliphatic heterocycles. The van der Waals surface area contributed by atoms with E-state index < -0.39 is 5.60 Å². The predicted octanol–water partition coefficient (Wildman–Crippen LogP) is 1.13. The third-order valence-electron chi connectivity index (χ3n) is 3.66. The van der Waals surface area contributed by atoms with E-state index in [1.165, 1.54) is 0 Å². The SMILES string of the molecule is COCCNC(=O)C(C)NCC1CCCN1C(=O)OC(C)(C)C. The predicted molar refractivity (Wildman–Crippen MR) is 88.3 cm³/mol. The molecule has 23 heavy (non-hydrogen) atoms. The lowest BCUT2D eigenvalue weighted by molar-refractivity contribution is -0.122. The molecule has 0 spiro atoms. The second kappa shape index (κ2) is 9.08. The van der Waals surface area contributed by atoms with Crippen molar-refractivity contribution in [2.45, 2.75) is 58.2 Å². The molecule has 0 radical (unpaired) electrons. The van der Waals surface area contributed by atoms with Crippen molar-refractivity contribution in [3.8, 4) is 0 Å². The summed E-state index contributed by atoms with van der Waals surface area (Å²) < 4.78 is 10.3. The molecular formula is C16H31N3O4. The van der Waals surface area contributed by atoms with Crippen molar-refractivity contribution in [1.82, 2.24) is 15.5 Å². The molecule has 0 bridgehead atoms. The molecular weight excluding hydrogens is 298 g/mol. The molecule has 0 aliphatic carbocycles. The van der Waals surface area contributed by atoms with Gasteiger partial charge in [-0.2, -0.15) is 0 Å². The first kappa shape index (κ1) is 19.7. The first-order valence-corrected chi connectivity index (χ1v) is 8.24. The Balaban J connectivity index is 2.40. The van der Waals surface area contributed by atoms with Crippen LogP contribution in [0.1, 0.15) is 40.5 Å². The van der Waals surface area contributed by atoms with Crippen LogP contribution >= 0.6 is 0 Å². The van der Waals surface area contributed by atoms with Crippen molar-refractivity contribution in [3.63, 3.8) is 0 Å². The summed E-state index contributed by atoms with van der Waals surface area (Å²) in [6, 6.07) is -0.244. The Morgan fingerprint density at radius 3 is 2.65 bits per heavy atom. The summed E-state index contributed by atoms with van der Waals surface area (Å²) in [6.07, 6.45) is 1.60. The van der Waals surface area contributed by atoms with E-state index in [0.29, 0.717) is 26.2 Å². The summed E-state index contributed by atoms with van der Waals surface area (Å²) in [5, 5.41) is 5.99. The molecule has 7 heteroatoms. The zero-order valence-electron chi connectivity index (χ0n) is 15.0. The number of rotatable bonds is 7. The number of nitrogens with one attached hydrogen (secondary N) is 2. The van der Waals surface area contributed by atoms with Crippen molar-refractivity contribution >= 4 is 12.0 Å². The van der Waals surface area contributed by atoms with Crippen LogP contribution in [0.25, 0.3) is 0 Å². The quantitative estimate of drug-likeness (QED) is 0.685. The van der Waals surface area contributed by atoms with Gasteiger partial charge in [-0.15, -0.1) is 0 Å². The Labute approximate surface area is 139 Å². The van der Waals surface area contributed by atoms with Gasteiger partial charge >= 0.3 is 6.09 Å². The van der Waals surface area contributed by atoms with Crippen LogP contribution in [-0.4, -0.2) is 67.9 Å². The van der Waals surface area contributed by atoms with Gasteiger partial charge in [0, 0.05) is 32.8 Å². The van der Waals surface area contributed by atoms with Crippen molar-refractivity contribution in [3.05, 3.63) is 0 Å². The number of ether oxygens (including phenoxy) is 2. The van der Waals surface area contributed by atoms with Crippen LogP contribution in [0, 0.1) is 0 Å². The standard InChI is InChI=1S/C16H31N3O4/c1-12(14(20)17-8-10-22-5)18-11-13-7-6-9-19(13)15(21)23-16(2,3)4/h12-13,18H,6-11H2,1-5H3,(H,17,20). The Kier molecular flexibility index (Phi) is 7.78. The zero-order chi connectivity index (χ0) is 17.5. The van der Waals surface area contributed by atoms with E-state index in [1.54, 1.807) is 12.0 Å².